The molecule has 6 heteroatoms. The Hall–Kier alpha value is -2.70. The average molecular weight is 365 g/mol. The van der Waals surface area contributed by atoms with Crippen LogP contribution in [-0.2, 0) is 11.2 Å². The van der Waals surface area contributed by atoms with E-state index in [1.807, 2.05) is 18.2 Å². The fourth-order valence-corrected chi connectivity index (χ4v) is 3.38. The Morgan fingerprint density at radius 3 is 2.81 bits per heavy atom. The van der Waals surface area contributed by atoms with E-state index >= 15 is 0 Å². The highest BCUT2D eigenvalue weighted by Crippen LogP contribution is 2.21. The molecule has 0 atom stereocenters. The zero-order valence-corrected chi connectivity index (χ0v) is 15.2. The molecule has 1 fully saturated rings. The van der Waals surface area contributed by atoms with E-state index in [2.05, 4.69) is 39.6 Å². The van der Waals surface area contributed by atoms with Gasteiger partial charge in [0.15, 0.2) is 0 Å². The minimum absolute atomic E-state index is 0.222. The summed E-state index contributed by atoms with van der Waals surface area (Å²) in [7, 11) is 0. The van der Waals surface area contributed by atoms with Gasteiger partial charge < -0.3 is 14.6 Å². The minimum atomic E-state index is -0.222. The SMILES string of the molecule is O=C(NCCN1CCOCC1)c1cc(Cc2cccc3ccccc23)no1. The smallest absolute Gasteiger partial charge is 0.289 e. The lowest BCUT2D eigenvalue weighted by Crippen LogP contribution is -2.41. The van der Waals surface area contributed by atoms with Crippen molar-refractivity contribution in [2.45, 2.75) is 6.42 Å². The molecule has 1 saturated heterocycles. The summed E-state index contributed by atoms with van der Waals surface area (Å²) in [5.41, 5.74) is 1.92. The van der Waals surface area contributed by atoms with Crippen LogP contribution in [0.15, 0.2) is 53.1 Å². The number of hydrogen-bond donors (Lipinski definition) is 1. The molecule has 0 unspecified atom stereocenters. The first kappa shape index (κ1) is 17.7. The Kier molecular flexibility index (Phi) is 5.46. The van der Waals surface area contributed by atoms with Crippen LogP contribution in [0, 0.1) is 0 Å². The van der Waals surface area contributed by atoms with Crippen LogP contribution in [0.4, 0.5) is 0 Å². The van der Waals surface area contributed by atoms with Crippen LogP contribution in [0.2, 0.25) is 0 Å². The maximum atomic E-state index is 12.3. The minimum Gasteiger partial charge on any atom is -0.379 e. The maximum Gasteiger partial charge on any atom is 0.289 e. The highest BCUT2D eigenvalue weighted by atomic mass is 16.5. The second-order valence-electron chi connectivity index (χ2n) is 6.71. The van der Waals surface area contributed by atoms with Crippen LogP contribution < -0.4 is 5.32 Å². The number of fused-ring (bicyclic) bond motifs is 1. The Morgan fingerprint density at radius 1 is 1.11 bits per heavy atom. The van der Waals surface area contributed by atoms with Crippen molar-refractivity contribution in [3.63, 3.8) is 0 Å². The van der Waals surface area contributed by atoms with Gasteiger partial charge in [-0.2, -0.15) is 0 Å². The highest BCUT2D eigenvalue weighted by Gasteiger charge is 2.15. The standard InChI is InChI=1S/C21H23N3O3/c25-21(22-8-9-24-10-12-26-13-11-24)20-15-18(23-27-20)14-17-6-3-5-16-4-1-2-7-19(16)17/h1-7,15H,8-14H2,(H,22,25). The van der Waals surface area contributed by atoms with E-state index in [-0.39, 0.29) is 11.7 Å². The normalized spacial score (nSPS) is 15.1. The quantitative estimate of drug-likeness (QED) is 0.727. The molecule has 0 bridgehead atoms. The molecule has 1 amide bonds. The fourth-order valence-electron chi connectivity index (χ4n) is 3.38. The summed E-state index contributed by atoms with van der Waals surface area (Å²) in [4.78, 5) is 14.6. The first-order valence-electron chi connectivity index (χ1n) is 9.30. The van der Waals surface area contributed by atoms with E-state index in [1.54, 1.807) is 6.07 Å². The van der Waals surface area contributed by atoms with E-state index in [0.717, 1.165) is 38.5 Å². The molecule has 1 N–H and O–H groups in total. The summed E-state index contributed by atoms with van der Waals surface area (Å²) in [6, 6.07) is 16.2. The van der Waals surface area contributed by atoms with Crippen LogP contribution in [-0.4, -0.2) is 55.4 Å². The largest absolute Gasteiger partial charge is 0.379 e. The van der Waals surface area contributed by atoms with Gasteiger partial charge >= 0.3 is 0 Å². The van der Waals surface area contributed by atoms with Crippen molar-refractivity contribution in [1.29, 1.82) is 0 Å². The number of morpholine rings is 1. The molecule has 0 saturated carbocycles. The second kappa shape index (κ2) is 8.33. The number of ether oxygens (including phenoxy) is 1. The van der Waals surface area contributed by atoms with Gasteiger partial charge in [-0.25, -0.2) is 0 Å². The molecule has 4 rings (SSSR count). The average Bonchev–Trinajstić information content (AvgIpc) is 3.18. The number of amides is 1. The van der Waals surface area contributed by atoms with Crippen molar-refractivity contribution in [2.75, 3.05) is 39.4 Å². The Bertz CT molecular complexity index is 910. The van der Waals surface area contributed by atoms with Gasteiger partial charge in [0.25, 0.3) is 5.91 Å². The van der Waals surface area contributed by atoms with Gasteiger partial charge in [0, 0.05) is 38.7 Å². The van der Waals surface area contributed by atoms with Crippen LogP contribution in [0.25, 0.3) is 10.8 Å². The van der Waals surface area contributed by atoms with E-state index in [9.17, 15) is 4.79 Å². The molecule has 3 aromatic rings. The molecule has 2 aromatic carbocycles. The molecule has 0 spiro atoms. The van der Waals surface area contributed by atoms with Crippen molar-refractivity contribution in [3.05, 3.63) is 65.5 Å². The number of nitrogens with zero attached hydrogens (tertiary/aromatic N) is 2. The number of nitrogens with one attached hydrogen (secondary N) is 1. The molecular formula is C21H23N3O3. The summed E-state index contributed by atoms with van der Waals surface area (Å²) in [6.07, 6.45) is 0.631. The number of benzene rings is 2. The highest BCUT2D eigenvalue weighted by molar-refractivity contribution is 5.91. The zero-order valence-electron chi connectivity index (χ0n) is 15.2. The van der Waals surface area contributed by atoms with Crippen molar-refractivity contribution in [2.24, 2.45) is 0 Å². The lowest BCUT2D eigenvalue weighted by molar-refractivity contribution is 0.0382. The third-order valence-electron chi connectivity index (χ3n) is 4.85. The van der Waals surface area contributed by atoms with Gasteiger partial charge in [0.05, 0.1) is 18.9 Å². The van der Waals surface area contributed by atoms with E-state index in [4.69, 9.17) is 9.26 Å². The predicted molar refractivity (Wildman–Crippen MR) is 103 cm³/mol. The molecule has 1 aliphatic heterocycles. The Balaban J connectivity index is 1.35. The van der Waals surface area contributed by atoms with Crippen LogP contribution in [0.1, 0.15) is 21.8 Å². The van der Waals surface area contributed by atoms with Gasteiger partial charge in [-0.3, -0.25) is 9.69 Å². The fraction of sp³-hybridized carbons (Fsp3) is 0.333. The zero-order chi connectivity index (χ0) is 18.5. The van der Waals surface area contributed by atoms with Gasteiger partial charge in [0.1, 0.15) is 0 Å². The molecule has 6 nitrogen and oxygen atoms in total. The molecule has 0 radical (unpaired) electrons. The van der Waals surface area contributed by atoms with E-state index in [1.165, 1.54) is 16.3 Å². The topological polar surface area (TPSA) is 67.6 Å². The second-order valence-corrected chi connectivity index (χ2v) is 6.71. The van der Waals surface area contributed by atoms with E-state index < -0.39 is 0 Å². The van der Waals surface area contributed by atoms with Crippen molar-refractivity contribution in [3.8, 4) is 0 Å². The first-order chi connectivity index (χ1) is 13.3. The summed E-state index contributed by atoms with van der Waals surface area (Å²) in [5.74, 6) is 0.0344. The summed E-state index contributed by atoms with van der Waals surface area (Å²) in [6.45, 7) is 4.73. The van der Waals surface area contributed by atoms with Gasteiger partial charge in [0.2, 0.25) is 5.76 Å². The Morgan fingerprint density at radius 2 is 1.93 bits per heavy atom. The van der Waals surface area contributed by atoms with Gasteiger partial charge in [-0.05, 0) is 16.3 Å². The molecule has 0 aliphatic carbocycles. The van der Waals surface area contributed by atoms with Crippen molar-refractivity contribution >= 4 is 16.7 Å². The number of aromatic nitrogens is 1. The van der Waals surface area contributed by atoms with Gasteiger partial charge in [-0.15, -0.1) is 0 Å². The maximum absolute atomic E-state index is 12.3. The van der Waals surface area contributed by atoms with Gasteiger partial charge in [-0.1, -0.05) is 47.6 Å². The third kappa shape index (κ3) is 4.35. The monoisotopic (exact) mass is 365 g/mol. The number of rotatable bonds is 6. The predicted octanol–water partition coefficient (Wildman–Crippen LogP) is 2.48. The molecule has 1 aliphatic rings. The Labute approximate surface area is 158 Å². The lowest BCUT2D eigenvalue weighted by atomic mass is 10.0. The molecule has 2 heterocycles. The lowest BCUT2D eigenvalue weighted by Gasteiger charge is -2.26. The summed E-state index contributed by atoms with van der Waals surface area (Å²) in [5, 5.41) is 9.36. The first-order valence-corrected chi connectivity index (χ1v) is 9.30. The van der Waals surface area contributed by atoms with Crippen molar-refractivity contribution in [1.82, 2.24) is 15.4 Å². The molecule has 140 valence electrons. The van der Waals surface area contributed by atoms with Crippen LogP contribution in [0.5, 0.6) is 0 Å². The molecular weight excluding hydrogens is 342 g/mol. The summed E-state index contributed by atoms with van der Waals surface area (Å²) < 4.78 is 10.6. The van der Waals surface area contributed by atoms with Crippen LogP contribution in [0.3, 0.4) is 0 Å². The van der Waals surface area contributed by atoms with Crippen molar-refractivity contribution < 1.29 is 14.1 Å². The summed E-state index contributed by atoms with van der Waals surface area (Å²) >= 11 is 0. The van der Waals surface area contributed by atoms with E-state index in [0.29, 0.717) is 13.0 Å². The third-order valence-corrected chi connectivity index (χ3v) is 4.85. The number of carbonyl (C=O) groups excluding carboxylic acids is 1. The number of hydrogen-bond acceptors (Lipinski definition) is 5. The van der Waals surface area contributed by atoms with Crippen LogP contribution >= 0.6 is 0 Å². The molecule has 1 aromatic heterocycles. The molecule has 27 heavy (non-hydrogen) atoms. The number of carbonyl (C=O) groups is 1.